The van der Waals surface area contributed by atoms with Crippen molar-refractivity contribution in [1.29, 1.82) is 0 Å². The maximum absolute atomic E-state index is 13.7. The predicted octanol–water partition coefficient (Wildman–Crippen LogP) is 3.35. The Labute approximate surface area is 229 Å². The Morgan fingerprint density at radius 2 is 1.56 bits per heavy atom. The average molecular weight is 552 g/mol. The van der Waals surface area contributed by atoms with E-state index in [1.165, 1.54) is 4.31 Å². The number of nitrogens with one attached hydrogen (secondary N) is 1. The second-order valence-electron chi connectivity index (χ2n) is 9.30. The second-order valence-corrected chi connectivity index (χ2v) is 11.2. The van der Waals surface area contributed by atoms with E-state index in [2.05, 4.69) is 5.32 Å². The Bertz CT molecular complexity index is 1380. The molecule has 0 fully saturated rings. The first-order valence-electron chi connectivity index (χ1n) is 12.7. The number of benzene rings is 3. The molecular formula is C29H33N3O6S. The zero-order chi connectivity index (χ0) is 27.8. The third kappa shape index (κ3) is 7.29. The van der Waals surface area contributed by atoms with Crippen LogP contribution in [0.4, 0.5) is 5.69 Å². The van der Waals surface area contributed by atoms with Gasteiger partial charge >= 0.3 is 0 Å². The third-order valence-corrected chi connectivity index (χ3v) is 7.70. The highest BCUT2D eigenvalue weighted by Gasteiger charge is 2.30. The highest BCUT2D eigenvalue weighted by molar-refractivity contribution is 7.92. The number of likely N-dealkylation sites (N-methyl/N-ethyl adjacent to an activating group) is 1. The number of hydrogen-bond acceptors (Lipinski definition) is 6. The molecule has 9 nitrogen and oxygen atoms in total. The molecule has 10 heteroatoms. The van der Waals surface area contributed by atoms with Crippen molar-refractivity contribution in [3.63, 3.8) is 0 Å². The molecule has 3 aromatic rings. The molecule has 1 heterocycles. The minimum Gasteiger partial charge on any atom is -0.454 e. The van der Waals surface area contributed by atoms with Gasteiger partial charge in [0.1, 0.15) is 6.04 Å². The van der Waals surface area contributed by atoms with Crippen LogP contribution in [-0.2, 0) is 32.6 Å². The van der Waals surface area contributed by atoms with E-state index in [1.807, 2.05) is 60.7 Å². The van der Waals surface area contributed by atoms with Crippen LogP contribution in [0, 0.1) is 0 Å². The first kappa shape index (κ1) is 28.0. The lowest BCUT2D eigenvalue weighted by Gasteiger charge is -2.31. The van der Waals surface area contributed by atoms with Crippen molar-refractivity contribution >= 4 is 27.5 Å². The molecule has 1 aliphatic rings. The zero-order valence-electron chi connectivity index (χ0n) is 22.1. The smallest absolute Gasteiger partial charge is 0.242 e. The number of carbonyl (C=O) groups excluding carboxylic acids is 2. The molecular weight excluding hydrogens is 518 g/mol. The van der Waals surface area contributed by atoms with Gasteiger partial charge in [0.05, 0.1) is 11.9 Å². The van der Waals surface area contributed by atoms with Gasteiger partial charge in [-0.15, -0.1) is 0 Å². The van der Waals surface area contributed by atoms with Gasteiger partial charge < -0.3 is 19.7 Å². The Morgan fingerprint density at radius 3 is 2.21 bits per heavy atom. The van der Waals surface area contributed by atoms with Gasteiger partial charge in [0.15, 0.2) is 11.5 Å². The molecule has 0 aliphatic carbocycles. The molecule has 39 heavy (non-hydrogen) atoms. The predicted molar refractivity (Wildman–Crippen MR) is 149 cm³/mol. The number of fused-ring (bicyclic) bond motifs is 1. The van der Waals surface area contributed by atoms with Gasteiger partial charge in [-0.1, -0.05) is 60.7 Å². The van der Waals surface area contributed by atoms with E-state index in [1.54, 1.807) is 30.1 Å². The number of nitrogens with zero attached hydrogens (tertiary/aromatic N) is 2. The number of anilines is 1. The van der Waals surface area contributed by atoms with Gasteiger partial charge in [0, 0.05) is 39.0 Å². The quantitative estimate of drug-likeness (QED) is 0.370. The molecule has 0 spiro atoms. The maximum atomic E-state index is 13.7. The molecule has 2 amide bonds. The molecule has 1 N–H and O–H groups in total. The number of amides is 2. The van der Waals surface area contributed by atoms with Crippen molar-refractivity contribution in [2.45, 2.75) is 31.8 Å². The fraction of sp³-hybridized carbons (Fsp3) is 0.310. The van der Waals surface area contributed by atoms with Gasteiger partial charge in [-0.3, -0.25) is 13.9 Å². The van der Waals surface area contributed by atoms with Gasteiger partial charge in [-0.2, -0.15) is 0 Å². The Hall–Kier alpha value is -4.05. The molecule has 0 radical (unpaired) electrons. The van der Waals surface area contributed by atoms with E-state index in [4.69, 9.17) is 9.47 Å². The van der Waals surface area contributed by atoms with Crippen LogP contribution in [0.3, 0.4) is 0 Å². The molecule has 0 unspecified atom stereocenters. The van der Waals surface area contributed by atoms with Crippen molar-refractivity contribution in [3.8, 4) is 11.5 Å². The lowest BCUT2D eigenvalue weighted by molar-refractivity contribution is -0.141. The lowest BCUT2D eigenvalue weighted by Crippen LogP contribution is -2.49. The largest absolute Gasteiger partial charge is 0.454 e. The Balaban J connectivity index is 1.53. The van der Waals surface area contributed by atoms with Crippen LogP contribution < -0.4 is 19.1 Å². The van der Waals surface area contributed by atoms with E-state index < -0.39 is 16.1 Å². The zero-order valence-corrected chi connectivity index (χ0v) is 22.9. The fourth-order valence-electron chi connectivity index (χ4n) is 4.54. The van der Waals surface area contributed by atoms with Gasteiger partial charge in [0.2, 0.25) is 28.6 Å². The van der Waals surface area contributed by atoms with Crippen molar-refractivity contribution < 1.29 is 27.5 Å². The second kappa shape index (κ2) is 12.7. The minimum absolute atomic E-state index is 0.0612. The Kier molecular flexibility index (Phi) is 9.08. The SMILES string of the molecule is CNC(=O)[C@@H](Cc1ccccc1)N(Cc1ccccc1)C(=O)CCCN(c1ccc2c(c1)OCO2)S(C)(=O)=O. The van der Waals surface area contributed by atoms with Crippen LogP contribution in [-0.4, -0.2) is 57.8 Å². The van der Waals surface area contributed by atoms with Crippen LogP contribution >= 0.6 is 0 Å². The van der Waals surface area contributed by atoms with E-state index in [0.29, 0.717) is 23.6 Å². The summed E-state index contributed by atoms with van der Waals surface area (Å²) in [5, 5.41) is 2.70. The number of carbonyl (C=O) groups is 2. The molecule has 4 rings (SSSR count). The molecule has 3 aromatic carbocycles. The summed E-state index contributed by atoms with van der Waals surface area (Å²) in [7, 11) is -2.07. The highest BCUT2D eigenvalue weighted by Crippen LogP contribution is 2.36. The molecule has 0 aromatic heterocycles. The van der Waals surface area contributed by atoms with E-state index in [0.717, 1.165) is 17.4 Å². The van der Waals surface area contributed by atoms with E-state index in [-0.39, 0.29) is 44.5 Å². The normalized spacial score (nSPS) is 13.0. The first-order valence-corrected chi connectivity index (χ1v) is 14.6. The van der Waals surface area contributed by atoms with Gasteiger partial charge in [-0.05, 0) is 29.7 Å². The number of ether oxygens (including phenoxy) is 2. The topological polar surface area (TPSA) is 105 Å². The molecule has 0 bridgehead atoms. The first-order chi connectivity index (χ1) is 18.8. The van der Waals surface area contributed by atoms with Crippen molar-refractivity contribution in [2.24, 2.45) is 0 Å². The lowest BCUT2D eigenvalue weighted by atomic mass is 10.0. The highest BCUT2D eigenvalue weighted by atomic mass is 32.2. The summed E-state index contributed by atoms with van der Waals surface area (Å²) in [6.45, 7) is 0.425. The van der Waals surface area contributed by atoms with Crippen molar-refractivity contribution in [2.75, 3.05) is 30.9 Å². The van der Waals surface area contributed by atoms with E-state index in [9.17, 15) is 18.0 Å². The maximum Gasteiger partial charge on any atom is 0.242 e. The van der Waals surface area contributed by atoms with Crippen LogP contribution in [0.2, 0.25) is 0 Å². The van der Waals surface area contributed by atoms with Gasteiger partial charge in [0.25, 0.3) is 0 Å². The summed E-state index contributed by atoms with van der Waals surface area (Å²) in [4.78, 5) is 28.3. The fourth-order valence-corrected chi connectivity index (χ4v) is 5.50. The third-order valence-electron chi connectivity index (χ3n) is 6.51. The van der Waals surface area contributed by atoms with Gasteiger partial charge in [-0.25, -0.2) is 8.42 Å². The molecule has 206 valence electrons. The number of rotatable bonds is 12. The van der Waals surface area contributed by atoms with Crippen LogP contribution in [0.1, 0.15) is 24.0 Å². The summed E-state index contributed by atoms with van der Waals surface area (Å²) in [5.74, 6) is 0.530. The minimum atomic E-state index is -3.63. The summed E-state index contributed by atoms with van der Waals surface area (Å²) in [5.41, 5.74) is 2.26. The molecule has 1 atom stereocenters. The molecule has 0 saturated carbocycles. The number of hydrogen-bond donors (Lipinski definition) is 1. The summed E-state index contributed by atoms with van der Waals surface area (Å²) in [6.07, 6.45) is 1.80. The van der Waals surface area contributed by atoms with Crippen LogP contribution in [0.15, 0.2) is 78.9 Å². The van der Waals surface area contributed by atoms with Crippen LogP contribution in [0.25, 0.3) is 0 Å². The monoisotopic (exact) mass is 551 g/mol. The summed E-state index contributed by atoms with van der Waals surface area (Å²) < 4.78 is 37.2. The van der Waals surface area contributed by atoms with E-state index >= 15 is 0 Å². The molecule has 1 aliphatic heterocycles. The molecule has 0 saturated heterocycles. The standard InChI is InChI=1S/C29H33N3O6S/c1-30-29(34)25(18-22-10-5-3-6-11-22)31(20-23-12-7-4-8-13-23)28(33)14-9-17-32(39(2,35)36)24-15-16-26-27(19-24)38-21-37-26/h3-8,10-13,15-16,19,25H,9,14,17-18,20-21H2,1-2H3,(H,30,34)/t25-/m1/s1. The number of sulfonamides is 1. The summed E-state index contributed by atoms with van der Waals surface area (Å²) in [6, 6.07) is 23.3. The van der Waals surface area contributed by atoms with Crippen LogP contribution in [0.5, 0.6) is 11.5 Å². The summed E-state index contributed by atoms with van der Waals surface area (Å²) >= 11 is 0. The Morgan fingerprint density at radius 1 is 0.923 bits per heavy atom. The van der Waals surface area contributed by atoms with Crippen molar-refractivity contribution in [1.82, 2.24) is 10.2 Å². The average Bonchev–Trinajstić information content (AvgIpc) is 3.41. The van der Waals surface area contributed by atoms with Crippen molar-refractivity contribution in [3.05, 3.63) is 90.0 Å².